The summed E-state index contributed by atoms with van der Waals surface area (Å²) in [6.07, 6.45) is -1.20. The molecule has 0 aliphatic heterocycles. The third kappa shape index (κ3) is 5.83. The molecule has 0 aromatic heterocycles. The monoisotopic (exact) mass is 444 g/mol. The fourth-order valence-electron chi connectivity index (χ4n) is 3.14. The van der Waals surface area contributed by atoms with Crippen LogP contribution in [0.15, 0.2) is 91.0 Å². The van der Waals surface area contributed by atoms with Gasteiger partial charge in [0.25, 0.3) is 0 Å². The Labute approximate surface area is 193 Å². The smallest absolute Gasteiger partial charge is 0.338 e. The fraction of sp³-hybridized carbons (Fsp3) is 0.143. The van der Waals surface area contributed by atoms with Gasteiger partial charge in [0.05, 0.1) is 0 Å². The number of hydrogen-bond donors (Lipinski definition) is 0. The molecule has 0 amide bonds. The SMILES string of the molecule is C=C(C)C(=O)Oc1ccc(-c2ccc(-c3ccc(OC(=O)C(=C)C)cc3)c(C(C)F)c2)cc1. The van der Waals surface area contributed by atoms with E-state index in [0.717, 1.165) is 22.3 Å². The molecule has 0 fully saturated rings. The number of carbonyl (C=O) groups excluding carboxylic acids is 2. The zero-order chi connectivity index (χ0) is 24.1. The van der Waals surface area contributed by atoms with Crippen LogP contribution in [0.25, 0.3) is 22.3 Å². The third-order valence-corrected chi connectivity index (χ3v) is 4.95. The topological polar surface area (TPSA) is 52.6 Å². The van der Waals surface area contributed by atoms with Gasteiger partial charge in [0.2, 0.25) is 0 Å². The van der Waals surface area contributed by atoms with Crippen molar-refractivity contribution in [2.45, 2.75) is 26.9 Å². The summed E-state index contributed by atoms with van der Waals surface area (Å²) in [5.41, 5.74) is 4.42. The molecule has 3 aromatic rings. The molecule has 0 saturated carbocycles. The Bertz CT molecular complexity index is 1210. The van der Waals surface area contributed by atoms with Crippen LogP contribution < -0.4 is 9.47 Å². The van der Waals surface area contributed by atoms with Crippen LogP contribution in [0.3, 0.4) is 0 Å². The first-order valence-electron chi connectivity index (χ1n) is 10.4. The average Bonchev–Trinajstić information content (AvgIpc) is 2.79. The van der Waals surface area contributed by atoms with Crippen LogP contribution in [-0.4, -0.2) is 11.9 Å². The van der Waals surface area contributed by atoms with Crippen molar-refractivity contribution in [2.75, 3.05) is 0 Å². The van der Waals surface area contributed by atoms with Crippen molar-refractivity contribution in [3.8, 4) is 33.8 Å². The van der Waals surface area contributed by atoms with Crippen molar-refractivity contribution in [1.29, 1.82) is 0 Å². The molecule has 3 aromatic carbocycles. The van der Waals surface area contributed by atoms with Crippen LogP contribution in [0, 0.1) is 0 Å². The molecule has 5 heteroatoms. The molecule has 0 bridgehead atoms. The third-order valence-electron chi connectivity index (χ3n) is 4.95. The zero-order valence-electron chi connectivity index (χ0n) is 18.9. The first-order valence-corrected chi connectivity index (χ1v) is 10.4. The highest BCUT2D eigenvalue weighted by Gasteiger charge is 2.14. The van der Waals surface area contributed by atoms with Gasteiger partial charge in [-0.3, -0.25) is 0 Å². The summed E-state index contributed by atoms with van der Waals surface area (Å²) in [7, 11) is 0. The van der Waals surface area contributed by atoms with Crippen LogP contribution >= 0.6 is 0 Å². The molecule has 33 heavy (non-hydrogen) atoms. The van der Waals surface area contributed by atoms with Gasteiger partial charge in [-0.05, 0) is 78.9 Å². The van der Waals surface area contributed by atoms with Gasteiger partial charge in [0.15, 0.2) is 0 Å². The molecule has 168 valence electrons. The summed E-state index contributed by atoms with van der Waals surface area (Å²) in [5, 5.41) is 0. The number of carbonyl (C=O) groups is 2. The Morgan fingerprint density at radius 1 is 0.727 bits per heavy atom. The quantitative estimate of drug-likeness (QED) is 0.223. The second-order valence-corrected chi connectivity index (χ2v) is 7.81. The normalized spacial score (nSPS) is 11.4. The number of rotatable bonds is 7. The van der Waals surface area contributed by atoms with E-state index in [1.807, 2.05) is 30.3 Å². The molecule has 4 nitrogen and oxygen atoms in total. The first-order chi connectivity index (χ1) is 15.7. The molecule has 1 atom stereocenters. The van der Waals surface area contributed by atoms with Crippen molar-refractivity contribution in [1.82, 2.24) is 0 Å². The van der Waals surface area contributed by atoms with Crippen LogP contribution in [0.5, 0.6) is 11.5 Å². The largest absolute Gasteiger partial charge is 0.423 e. The van der Waals surface area contributed by atoms with Gasteiger partial charge in [-0.1, -0.05) is 49.6 Å². The van der Waals surface area contributed by atoms with Crippen LogP contribution in [-0.2, 0) is 9.59 Å². The molecule has 0 saturated heterocycles. The van der Waals surface area contributed by atoms with Gasteiger partial charge >= 0.3 is 11.9 Å². The molecule has 3 rings (SSSR count). The van der Waals surface area contributed by atoms with E-state index >= 15 is 0 Å². The molecule has 0 aliphatic carbocycles. The summed E-state index contributed by atoms with van der Waals surface area (Å²) in [6, 6.07) is 19.5. The number of alkyl halides is 1. The first kappa shape index (κ1) is 23.7. The molecule has 0 heterocycles. The maximum Gasteiger partial charge on any atom is 0.338 e. The van der Waals surface area contributed by atoms with E-state index in [4.69, 9.17) is 9.47 Å². The maximum atomic E-state index is 14.6. The molecule has 1 unspecified atom stereocenters. The van der Waals surface area contributed by atoms with E-state index in [9.17, 15) is 14.0 Å². The van der Waals surface area contributed by atoms with Gasteiger partial charge in [0.1, 0.15) is 17.7 Å². The van der Waals surface area contributed by atoms with Gasteiger partial charge in [-0.2, -0.15) is 0 Å². The summed E-state index contributed by atoms with van der Waals surface area (Å²) in [6.45, 7) is 11.8. The van der Waals surface area contributed by atoms with E-state index in [1.54, 1.807) is 50.2 Å². The number of ether oxygens (including phenoxy) is 2. The number of esters is 2. The maximum absolute atomic E-state index is 14.6. The minimum atomic E-state index is -1.20. The minimum Gasteiger partial charge on any atom is -0.423 e. The lowest BCUT2D eigenvalue weighted by atomic mass is 9.93. The molecule has 0 radical (unpaired) electrons. The fourth-order valence-corrected chi connectivity index (χ4v) is 3.14. The number of hydrogen-bond acceptors (Lipinski definition) is 4. The molecular weight excluding hydrogens is 419 g/mol. The summed E-state index contributed by atoms with van der Waals surface area (Å²) in [4.78, 5) is 23.4. The predicted molar refractivity (Wildman–Crippen MR) is 128 cm³/mol. The second-order valence-electron chi connectivity index (χ2n) is 7.81. The molecule has 0 spiro atoms. The van der Waals surface area contributed by atoms with Crippen molar-refractivity contribution in [2.24, 2.45) is 0 Å². The minimum absolute atomic E-state index is 0.310. The highest BCUT2D eigenvalue weighted by atomic mass is 19.1. The molecule has 0 N–H and O–H groups in total. The second kappa shape index (κ2) is 10.1. The Morgan fingerprint density at radius 2 is 1.15 bits per heavy atom. The number of halogens is 1. The average molecular weight is 445 g/mol. The van der Waals surface area contributed by atoms with Crippen molar-refractivity contribution in [3.05, 3.63) is 96.6 Å². The van der Waals surface area contributed by atoms with Crippen molar-refractivity contribution < 1.29 is 23.5 Å². The highest BCUT2D eigenvalue weighted by Crippen LogP contribution is 2.35. The van der Waals surface area contributed by atoms with E-state index < -0.39 is 18.1 Å². The standard InChI is InChI=1S/C28H25FO4/c1-17(2)27(30)32-23-11-6-20(7-12-23)22-10-15-25(26(16-22)19(5)29)21-8-13-24(14-9-21)33-28(31)18(3)4/h6-16,19H,1,3H2,2,4-5H3. The number of benzene rings is 3. The highest BCUT2D eigenvalue weighted by molar-refractivity contribution is 5.89. The zero-order valence-corrected chi connectivity index (χ0v) is 18.9. The van der Waals surface area contributed by atoms with E-state index in [0.29, 0.717) is 28.2 Å². The summed E-state index contributed by atoms with van der Waals surface area (Å²) in [5.74, 6) is -0.174. The van der Waals surface area contributed by atoms with Crippen LogP contribution in [0.2, 0.25) is 0 Å². The van der Waals surface area contributed by atoms with E-state index in [-0.39, 0.29) is 0 Å². The molecular formula is C28H25FO4. The van der Waals surface area contributed by atoms with Crippen molar-refractivity contribution >= 4 is 11.9 Å². The van der Waals surface area contributed by atoms with Crippen LogP contribution in [0.1, 0.15) is 32.5 Å². The Balaban J connectivity index is 1.87. The summed E-state index contributed by atoms with van der Waals surface area (Å²) >= 11 is 0. The van der Waals surface area contributed by atoms with Crippen molar-refractivity contribution in [3.63, 3.8) is 0 Å². The Hall–Kier alpha value is -3.99. The van der Waals surface area contributed by atoms with Gasteiger partial charge in [0, 0.05) is 11.1 Å². The predicted octanol–water partition coefficient (Wildman–Crippen LogP) is 7.01. The van der Waals surface area contributed by atoms with E-state index in [1.165, 1.54) is 6.92 Å². The molecule has 0 aliphatic rings. The lowest BCUT2D eigenvalue weighted by molar-refractivity contribution is -0.130. The lowest BCUT2D eigenvalue weighted by Crippen LogP contribution is -2.07. The van der Waals surface area contributed by atoms with Gasteiger partial charge in [-0.15, -0.1) is 0 Å². The van der Waals surface area contributed by atoms with Gasteiger partial charge < -0.3 is 9.47 Å². The Morgan fingerprint density at radius 3 is 1.58 bits per heavy atom. The Kier molecular flexibility index (Phi) is 7.23. The lowest BCUT2D eigenvalue weighted by Gasteiger charge is -2.14. The summed E-state index contributed by atoms with van der Waals surface area (Å²) < 4.78 is 25.0. The van der Waals surface area contributed by atoms with Crippen LogP contribution in [0.4, 0.5) is 4.39 Å². The van der Waals surface area contributed by atoms with E-state index in [2.05, 4.69) is 13.2 Å². The van der Waals surface area contributed by atoms with Gasteiger partial charge in [-0.25, -0.2) is 14.0 Å².